The number of methoxy groups -OCH3 is 1. The quantitative estimate of drug-likeness (QED) is 0.420. The molecule has 7 nitrogen and oxygen atoms in total. The van der Waals surface area contributed by atoms with Gasteiger partial charge in [-0.1, -0.05) is 6.92 Å². The predicted octanol–water partition coefficient (Wildman–Crippen LogP) is 4.07. The third kappa shape index (κ3) is 4.29. The zero-order chi connectivity index (χ0) is 22.1. The van der Waals surface area contributed by atoms with Gasteiger partial charge >= 0.3 is 0 Å². The summed E-state index contributed by atoms with van der Waals surface area (Å²) in [6, 6.07) is 4.73. The molecule has 1 aliphatic rings. The van der Waals surface area contributed by atoms with Gasteiger partial charge in [0.05, 0.1) is 29.5 Å². The van der Waals surface area contributed by atoms with Gasteiger partial charge in [0.2, 0.25) is 0 Å². The SMILES string of the molecule is COc1ccc(C=NNC(=O)[C@H](C)n2cnc3sc4c(c3c2=O)CC[C@H](C)C4)cc1Br. The van der Waals surface area contributed by atoms with E-state index in [0.717, 1.165) is 39.7 Å². The number of hydrogen-bond donors (Lipinski definition) is 1. The summed E-state index contributed by atoms with van der Waals surface area (Å²) < 4.78 is 7.38. The van der Waals surface area contributed by atoms with Crippen LogP contribution in [0.15, 0.2) is 38.9 Å². The van der Waals surface area contributed by atoms with Gasteiger partial charge in [-0.15, -0.1) is 11.3 Å². The molecule has 0 saturated carbocycles. The van der Waals surface area contributed by atoms with Crippen molar-refractivity contribution >= 4 is 49.6 Å². The molecule has 2 aromatic heterocycles. The minimum absolute atomic E-state index is 0.164. The number of nitrogens with one attached hydrogen (secondary N) is 1. The third-order valence-electron chi connectivity index (χ3n) is 5.60. The fourth-order valence-electron chi connectivity index (χ4n) is 3.77. The first-order valence-corrected chi connectivity index (χ1v) is 11.7. The van der Waals surface area contributed by atoms with Crippen LogP contribution in [0.25, 0.3) is 10.2 Å². The molecule has 1 aliphatic carbocycles. The molecule has 0 unspecified atom stereocenters. The van der Waals surface area contributed by atoms with Gasteiger partial charge < -0.3 is 4.74 Å². The average molecular weight is 503 g/mol. The monoisotopic (exact) mass is 502 g/mol. The molecule has 1 aromatic carbocycles. The molecular formula is C22H23BrN4O3S. The highest BCUT2D eigenvalue weighted by Crippen LogP contribution is 2.35. The van der Waals surface area contributed by atoms with E-state index in [4.69, 9.17) is 4.74 Å². The molecule has 0 fully saturated rings. The van der Waals surface area contributed by atoms with E-state index in [0.29, 0.717) is 17.1 Å². The van der Waals surface area contributed by atoms with Crippen molar-refractivity contribution in [3.05, 3.63) is 55.4 Å². The molecular weight excluding hydrogens is 480 g/mol. The number of fused-ring (bicyclic) bond motifs is 3. The molecule has 4 rings (SSSR count). The molecule has 9 heteroatoms. The van der Waals surface area contributed by atoms with Crippen LogP contribution in [0.2, 0.25) is 0 Å². The lowest BCUT2D eigenvalue weighted by Gasteiger charge is -2.18. The Kier molecular flexibility index (Phi) is 6.24. The Morgan fingerprint density at radius 3 is 3.03 bits per heavy atom. The van der Waals surface area contributed by atoms with Crippen LogP contribution >= 0.6 is 27.3 Å². The minimum Gasteiger partial charge on any atom is -0.496 e. The van der Waals surface area contributed by atoms with Gasteiger partial charge in [-0.2, -0.15) is 5.10 Å². The van der Waals surface area contributed by atoms with Crippen molar-refractivity contribution in [1.82, 2.24) is 15.0 Å². The Balaban J connectivity index is 1.53. The number of halogens is 1. The Morgan fingerprint density at radius 1 is 1.48 bits per heavy atom. The topological polar surface area (TPSA) is 85.6 Å². The summed E-state index contributed by atoms with van der Waals surface area (Å²) >= 11 is 5.02. The Hall–Kier alpha value is -2.52. The maximum Gasteiger partial charge on any atom is 0.263 e. The number of hydrogen-bond acceptors (Lipinski definition) is 6. The normalized spacial score (nSPS) is 17.0. The van der Waals surface area contributed by atoms with E-state index in [1.54, 1.807) is 31.4 Å². The number of hydrazone groups is 1. The number of benzene rings is 1. The van der Waals surface area contributed by atoms with E-state index in [2.05, 4.69) is 38.4 Å². The summed E-state index contributed by atoms with van der Waals surface area (Å²) in [6.45, 7) is 3.90. The number of rotatable bonds is 5. The fourth-order valence-corrected chi connectivity index (χ4v) is 5.67. The second kappa shape index (κ2) is 8.92. The molecule has 162 valence electrons. The Bertz CT molecular complexity index is 1230. The average Bonchev–Trinajstić information content (AvgIpc) is 3.12. The molecule has 1 amide bonds. The number of carbonyl (C=O) groups is 1. The maximum absolute atomic E-state index is 13.2. The highest BCUT2D eigenvalue weighted by Gasteiger charge is 2.25. The first-order valence-electron chi connectivity index (χ1n) is 10.1. The van der Waals surface area contributed by atoms with E-state index >= 15 is 0 Å². The lowest BCUT2D eigenvalue weighted by atomic mass is 9.89. The number of amides is 1. The van der Waals surface area contributed by atoms with E-state index in [9.17, 15) is 9.59 Å². The van der Waals surface area contributed by atoms with Crippen LogP contribution in [0, 0.1) is 5.92 Å². The molecule has 0 radical (unpaired) electrons. The standard InChI is InChI=1S/C22H23BrN4O3S/c1-12-4-6-15-18(8-12)31-21-19(15)22(29)27(11-24-21)13(2)20(28)26-25-10-14-5-7-17(30-3)16(23)9-14/h5,7,9-13H,4,6,8H2,1-3H3,(H,26,28)/t12-,13-/m0/s1. The van der Waals surface area contributed by atoms with Gasteiger partial charge in [0, 0.05) is 4.88 Å². The highest BCUT2D eigenvalue weighted by atomic mass is 79.9. The van der Waals surface area contributed by atoms with E-state index < -0.39 is 6.04 Å². The van der Waals surface area contributed by atoms with Gasteiger partial charge in [-0.05, 0) is 77.4 Å². The zero-order valence-electron chi connectivity index (χ0n) is 17.5. The van der Waals surface area contributed by atoms with E-state index in [1.165, 1.54) is 22.0 Å². The van der Waals surface area contributed by atoms with Gasteiger partial charge in [0.25, 0.3) is 11.5 Å². The van der Waals surface area contributed by atoms with E-state index in [-0.39, 0.29) is 11.5 Å². The van der Waals surface area contributed by atoms with Crippen LogP contribution in [0.1, 0.15) is 42.3 Å². The fraction of sp³-hybridized carbons (Fsp3) is 0.364. The first kappa shape index (κ1) is 21.7. The second-order valence-electron chi connectivity index (χ2n) is 7.79. The molecule has 0 saturated heterocycles. The minimum atomic E-state index is -0.734. The molecule has 0 spiro atoms. The Morgan fingerprint density at radius 2 is 2.29 bits per heavy atom. The number of thiophene rings is 1. The number of carbonyl (C=O) groups excluding carboxylic acids is 1. The summed E-state index contributed by atoms with van der Waals surface area (Å²) in [5.41, 5.74) is 4.25. The van der Waals surface area contributed by atoms with Crippen LogP contribution in [-0.4, -0.2) is 28.8 Å². The molecule has 2 atom stereocenters. The molecule has 0 bridgehead atoms. The number of aryl methyl sites for hydroxylation is 1. The summed E-state index contributed by atoms with van der Waals surface area (Å²) in [5.74, 6) is 0.948. The maximum atomic E-state index is 13.2. The van der Waals surface area contributed by atoms with Crippen LogP contribution in [0.5, 0.6) is 5.75 Å². The van der Waals surface area contributed by atoms with Crippen LogP contribution < -0.4 is 15.7 Å². The highest BCUT2D eigenvalue weighted by molar-refractivity contribution is 9.10. The van der Waals surface area contributed by atoms with Crippen molar-refractivity contribution in [1.29, 1.82) is 0 Å². The lowest BCUT2D eigenvalue weighted by Crippen LogP contribution is -2.34. The number of nitrogens with zero attached hydrogens (tertiary/aromatic N) is 3. The van der Waals surface area contributed by atoms with Crippen molar-refractivity contribution < 1.29 is 9.53 Å². The molecule has 3 aromatic rings. The van der Waals surface area contributed by atoms with Gasteiger partial charge in [-0.3, -0.25) is 14.2 Å². The molecule has 2 heterocycles. The number of ether oxygens (including phenoxy) is 1. The smallest absolute Gasteiger partial charge is 0.263 e. The molecule has 31 heavy (non-hydrogen) atoms. The number of aromatic nitrogens is 2. The summed E-state index contributed by atoms with van der Waals surface area (Å²) in [6.07, 6.45) is 5.95. The lowest BCUT2D eigenvalue weighted by molar-refractivity contribution is -0.123. The molecule has 1 N–H and O–H groups in total. The van der Waals surface area contributed by atoms with Crippen molar-refractivity contribution in [3.8, 4) is 5.75 Å². The molecule has 0 aliphatic heterocycles. The van der Waals surface area contributed by atoms with Gasteiger partial charge in [-0.25, -0.2) is 10.4 Å². The van der Waals surface area contributed by atoms with Crippen molar-refractivity contribution in [3.63, 3.8) is 0 Å². The third-order valence-corrected chi connectivity index (χ3v) is 7.38. The van der Waals surface area contributed by atoms with Crippen LogP contribution in [-0.2, 0) is 17.6 Å². The van der Waals surface area contributed by atoms with Crippen molar-refractivity contribution in [2.24, 2.45) is 11.0 Å². The second-order valence-corrected chi connectivity index (χ2v) is 9.73. The van der Waals surface area contributed by atoms with Gasteiger partial charge in [0.1, 0.15) is 16.6 Å². The summed E-state index contributed by atoms with van der Waals surface area (Å²) in [7, 11) is 1.59. The Labute approximate surface area is 192 Å². The van der Waals surface area contributed by atoms with Gasteiger partial charge in [0.15, 0.2) is 0 Å². The van der Waals surface area contributed by atoms with Crippen LogP contribution in [0.3, 0.4) is 0 Å². The summed E-state index contributed by atoms with van der Waals surface area (Å²) in [5, 5.41) is 4.69. The van der Waals surface area contributed by atoms with Crippen LogP contribution in [0.4, 0.5) is 0 Å². The largest absolute Gasteiger partial charge is 0.496 e. The van der Waals surface area contributed by atoms with Crippen molar-refractivity contribution in [2.45, 2.75) is 39.2 Å². The van der Waals surface area contributed by atoms with E-state index in [1.807, 2.05) is 12.1 Å². The predicted molar refractivity (Wildman–Crippen MR) is 126 cm³/mol. The first-order chi connectivity index (χ1) is 14.9. The summed E-state index contributed by atoms with van der Waals surface area (Å²) in [4.78, 5) is 32.3. The zero-order valence-corrected chi connectivity index (χ0v) is 19.9. The van der Waals surface area contributed by atoms with Crippen molar-refractivity contribution in [2.75, 3.05) is 7.11 Å².